The Kier molecular flexibility index (Phi) is 5.88. The average molecular weight is 533 g/mol. The smallest absolute Gasteiger partial charge is 0.309 e. The number of furan rings is 1. The second kappa shape index (κ2) is 8.46. The fourth-order valence-corrected chi connectivity index (χ4v) is 12.0. The number of ketones is 1. The van der Waals surface area contributed by atoms with E-state index in [0.717, 1.165) is 69.1 Å². The van der Waals surface area contributed by atoms with Gasteiger partial charge in [-0.2, -0.15) is 0 Å². The van der Waals surface area contributed by atoms with Crippen molar-refractivity contribution in [2.75, 3.05) is 0 Å². The number of hydrogen-bond acceptors (Lipinski definition) is 3. The molecule has 9 atom stereocenters. The van der Waals surface area contributed by atoms with E-state index in [2.05, 4.69) is 48.1 Å². The lowest BCUT2D eigenvalue weighted by molar-refractivity contribution is -0.231. The predicted molar refractivity (Wildman–Crippen MR) is 154 cm³/mol. The molecule has 39 heavy (non-hydrogen) atoms. The molecule has 0 unspecified atom stereocenters. The molecular weight excluding hydrogens is 484 g/mol. The van der Waals surface area contributed by atoms with Crippen LogP contribution >= 0.6 is 0 Å². The summed E-state index contributed by atoms with van der Waals surface area (Å²) < 4.78 is 5.65. The second-order valence-corrected chi connectivity index (χ2v) is 15.6. The van der Waals surface area contributed by atoms with Gasteiger partial charge in [-0.25, -0.2) is 0 Å². The van der Waals surface area contributed by atoms with Gasteiger partial charge in [-0.15, -0.1) is 0 Å². The second-order valence-electron chi connectivity index (χ2n) is 15.6. The van der Waals surface area contributed by atoms with Gasteiger partial charge < -0.3 is 9.52 Å². The van der Waals surface area contributed by atoms with Gasteiger partial charge >= 0.3 is 5.97 Å². The number of carbonyl (C=O) groups excluding carboxylic acids is 1. The van der Waals surface area contributed by atoms with Crippen LogP contribution in [0, 0.1) is 56.7 Å². The fraction of sp³-hybridized carbons (Fsp3) is 0.714. The van der Waals surface area contributed by atoms with Gasteiger partial charge in [0.1, 0.15) is 5.76 Å². The molecule has 212 valence electrons. The topological polar surface area (TPSA) is 67.5 Å². The van der Waals surface area contributed by atoms with E-state index in [0.29, 0.717) is 23.7 Å². The molecule has 1 aromatic heterocycles. The van der Waals surface area contributed by atoms with Crippen LogP contribution in [0.15, 0.2) is 40.5 Å². The normalized spacial score (nSPS) is 47.6. The van der Waals surface area contributed by atoms with Gasteiger partial charge in [0, 0.05) is 5.41 Å². The van der Waals surface area contributed by atoms with Gasteiger partial charge in [0.05, 0.1) is 11.7 Å². The van der Waals surface area contributed by atoms with E-state index in [1.165, 1.54) is 5.57 Å². The summed E-state index contributed by atoms with van der Waals surface area (Å²) in [5.74, 6) is 2.23. The molecule has 5 aliphatic carbocycles. The van der Waals surface area contributed by atoms with Crippen LogP contribution in [0.2, 0.25) is 0 Å². The standard InChI is InChI=1S/C35H48O4/c1-21(2)24-12-15-35(30(37)38)17-16-33(6)25(28(24)35)10-11-27-32(5)20-22(19-23-9-8-18-39-23)29(36)31(3,4)26(32)13-14-34(27,33)7/h8-9,18-19,24-28H,1,10-17,20H2,2-7H3,(H,37,38)/t24-,25+,26+,27+,28+,32+,33-,34-,35-/m1/s1. The van der Waals surface area contributed by atoms with Crippen LogP contribution in [0.3, 0.4) is 0 Å². The Hall–Kier alpha value is -2.10. The molecule has 4 nitrogen and oxygen atoms in total. The zero-order valence-electron chi connectivity index (χ0n) is 24.9. The van der Waals surface area contributed by atoms with E-state index < -0.39 is 16.8 Å². The molecule has 5 fully saturated rings. The molecule has 6 rings (SSSR count). The van der Waals surface area contributed by atoms with Crippen molar-refractivity contribution in [2.45, 2.75) is 99.3 Å². The molecule has 0 aliphatic heterocycles. The van der Waals surface area contributed by atoms with Crippen LogP contribution in [0.5, 0.6) is 0 Å². The number of aliphatic carboxylic acids is 1. The van der Waals surface area contributed by atoms with Crippen LogP contribution in [-0.2, 0) is 9.59 Å². The Labute approximate surface area is 234 Å². The Balaban J connectivity index is 1.42. The summed E-state index contributed by atoms with van der Waals surface area (Å²) >= 11 is 0. The van der Waals surface area contributed by atoms with E-state index in [4.69, 9.17) is 4.42 Å². The van der Waals surface area contributed by atoms with Crippen molar-refractivity contribution in [1.29, 1.82) is 0 Å². The number of carboxylic acid groups (broad SMARTS) is 1. The zero-order chi connectivity index (χ0) is 28.2. The number of Topliss-reactive ketones (excluding diaryl/α,β-unsaturated/α-hetero) is 1. The van der Waals surface area contributed by atoms with Gasteiger partial charge in [-0.05, 0) is 134 Å². The Morgan fingerprint density at radius 3 is 2.38 bits per heavy atom. The minimum Gasteiger partial charge on any atom is -0.481 e. The van der Waals surface area contributed by atoms with Crippen molar-refractivity contribution >= 4 is 17.8 Å². The summed E-state index contributed by atoms with van der Waals surface area (Å²) in [5.41, 5.74) is 1.30. The molecule has 0 aromatic carbocycles. The highest BCUT2D eigenvalue weighted by atomic mass is 16.4. The lowest BCUT2D eigenvalue weighted by atomic mass is 9.32. The van der Waals surface area contributed by atoms with Crippen LogP contribution < -0.4 is 0 Å². The van der Waals surface area contributed by atoms with Crippen LogP contribution in [0.25, 0.3) is 6.08 Å². The lowest BCUT2D eigenvalue weighted by Gasteiger charge is -2.72. The Morgan fingerprint density at radius 1 is 1.00 bits per heavy atom. The molecule has 0 radical (unpaired) electrons. The van der Waals surface area contributed by atoms with E-state index >= 15 is 0 Å². The van der Waals surface area contributed by atoms with Crippen LogP contribution in [-0.4, -0.2) is 16.9 Å². The third kappa shape index (κ3) is 3.35. The maximum Gasteiger partial charge on any atom is 0.309 e. The van der Waals surface area contributed by atoms with Crippen molar-refractivity contribution < 1.29 is 19.1 Å². The average Bonchev–Trinajstić information content (AvgIpc) is 3.51. The number of carbonyl (C=O) groups is 2. The maximum absolute atomic E-state index is 13.9. The Bertz CT molecular complexity index is 1240. The number of rotatable bonds is 3. The van der Waals surface area contributed by atoms with E-state index in [1.807, 2.05) is 18.2 Å². The summed E-state index contributed by atoms with van der Waals surface area (Å²) in [6, 6.07) is 3.83. The molecule has 1 heterocycles. The summed E-state index contributed by atoms with van der Waals surface area (Å²) in [6.07, 6.45) is 12.4. The van der Waals surface area contributed by atoms with Crippen molar-refractivity contribution in [3.05, 3.63) is 41.9 Å². The summed E-state index contributed by atoms with van der Waals surface area (Å²) in [6.45, 7) is 18.4. The third-order valence-electron chi connectivity index (χ3n) is 13.9. The quantitative estimate of drug-likeness (QED) is 0.313. The first-order valence-electron chi connectivity index (χ1n) is 15.4. The minimum absolute atomic E-state index is 0.0155. The zero-order valence-corrected chi connectivity index (χ0v) is 24.9. The molecule has 5 saturated carbocycles. The molecule has 1 aromatic rings. The fourth-order valence-electron chi connectivity index (χ4n) is 12.0. The number of carboxylic acids is 1. The molecule has 0 spiro atoms. The molecule has 0 saturated heterocycles. The van der Waals surface area contributed by atoms with Gasteiger partial charge in [-0.1, -0.05) is 46.8 Å². The highest BCUT2D eigenvalue weighted by Crippen LogP contribution is 2.77. The Morgan fingerprint density at radius 2 is 1.74 bits per heavy atom. The number of fused-ring (bicyclic) bond motifs is 7. The summed E-state index contributed by atoms with van der Waals surface area (Å²) in [7, 11) is 0. The molecule has 0 amide bonds. The van der Waals surface area contributed by atoms with Crippen LogP contribution in [0.1, 0.15) is 105 Å². The lowest BCUT2D eigenvalue weighted by Crippen LogP contribution is -2.67. The minimum atomic E-state index is -0.587. The van der Waals surface area contributed by atoms with E-state index in [1.54, 1.807) is 6.26 Å². The maximum atomic E-state index is 13.9. The third-order valence-corrected chi connectivity index (χ3v) is 13.9. The van der Waals surface area contributed by atoms with Crippen LogP contribution in [0.4, 0.5) is 0 Å². The van der Waals surface area contributed by atoms with Crippen molar-refractivity contribution in [3.63, 3.8) is 0 Å². The predicted octanol–water partition coefficient (Wildman–Crippen LogP) is 8.58. The van der Waals surface area contributed by atoms with Crippen molar-refractivity contribution in [3.8, 4) is 0 Å². The van der Waals surface area contributed by atoms with Gasteiger partial charge in [0.25, 0.3) is 0 Å². The molecule has 0 bridgehead atoms. The van der Waals surface area contributed by atoms with Gasteiger partial charge in [0.2, 0.25) is 0 Å². The van der Waals surface area contributed by atoms with E-state index in [9.17, 15) is 14.7 Å². The SMILES string of the molecule is C=C(C)[C@H]1CC[C@@]2(C(=O)O)CC[C@]3(C)[C@@H](CC[C@H]4[C@@]5(C)CC(=Cc6ccco6)C(=O)C(C)(C)[C@@H]5CC[C@]43C)[C@H]12. The van der Waals surface area contributed by atoms with Gasteiger partial charge in [0.15, 0.2) is 5.78 Å². The first-order chi connectivity index (χ1) is 18.2. The highest BCUT2D eigenvalue weighted by Gasteiger charge is 2.72. The first-order valence-corrected chi connectivity index (χ1v) is 15.4. The molecule has 4 heteroatoms. The summed E-state index contributed by atoms with van der Waals surface area (Å²) in [5, 5.41) is 10.6. The molecule has 5 aliphatic rings. The van der Waals surface area contributed by atoms with E-state index in [-0.39, 0.29) is 27.9 Å². The number of hydrogen-bond donors (Lipinski definition) is 1. The largest absolute Gasteiger partial charge is 0.481 e. The van der Waals surface area contributed by atoms with Crippen molar-refractivity contribution in [2.24, 2.45) is 56.7 Å². The summed E-state index contributed by atoms with van der Waals surface area (Å²) in [4.78, 5) is 26.8. The molecule has 1 N–H and O–H groups in total. The number of allylic oxidation sites excluding steroid dienone is 2. The molecular formula is C35H48O4. The highest BCUT2D eigenvalue weighted by molar-refractivity contribution is 6.04. The van der Waals surface area contributed by atoms with Crippen molar-refractivity contribution in [1.82, 2.24) is 0 Å². The monoisotopic (exact) mass is 532 g/mol. The first kappa shape index (κ1) is 27.1. The van der Waals surface area contributed by atoms with Gasteiger partial charge in [-0.3, -0.25) is 9.59 Å².